The fourth-order valence-corrected chi connectivity index (χ4v) is 3.49. The number of nitrogens with one attached hydrogen (secondary N) is 2. The van der Waals surface area contributed by atoms with Crippen LogP contribution in [0.4, 0.5) is 4.39 Å². The molecule has 0 bridgehead atoms. The van der Waals surface area contributed by atoms with E-state index in [1.54, 1.807) is 12.1 Å². The second kappa shape index (κ2) is 12.5. The third-order valence-electron chi connectivity index (χ3n) is 5.08. The summed E-state index contributed by atoms with van der Waals surface area (Å²) in [7, 11) is 0. The summed E-state index contributed by atoms with van der Waals surface area (Å²) >= 11 is 0. The molecule has 30 heavy (non-hydrogen) atoms. The molecule has 1 unspecified atom stereocenters. The van der Waals surface area contributed by atoms with Crippen LogP contribution in [0.25, 0.3) is 0 Å². The summed E-state index contributed by atoms with van der Waals surface area (Å²) in [4.78, 5) is 18.8. The highest BCUT2D eigenvalue weighted by Gasteiger charge is 2.29. The zero-order valence-electron chi connectivity index (χ0n) is 17.3. The number of hydrogen-bond acceptors (Lipinski definition) is 2. The molecule has 0 radical (unpaired) electrons. The van der Waals surface area contributed by atoms with Crippen molar-refractivity contribution < 1.29 is 9.18 Å². The SMILES string of the molecule is CCNC(=NCc1ccccc1F)NCC1CC(=O)N(CCc2ccccc2)C1.I. The Balaban J connectivity index is 0.00000320. The first-order chi connectivity index (χ1) is 14.2. The summed E-state index contributed by atoms with van der Waals surface area (Å²) in [5, 5.41) is 6.49. The average Bonchev–Trinajstić information content (AvgIpc) is 3.10. The lowest BCUT2D eigenvalue weighted by atomic mass is 10.1. The lowest BCUT2D eigenvalue weighted by Crippen LogP contribution is -2.40. The zero-order chi connectivity index (χ0) is 20.5. The van der Waals surface area contributed by atoms with Crippen LogP contribution in [-0.4, -0.2) is 42.9 Å². The number of hydrogen-bond donors (Lipinski definition) is 2. The number of aliphatic imine (C=N–C) groups is 1. The Morgan fingerprint density at radius 2 is 1.87 bits per heavy atom. The van der Waals surface area contributed by atoms with E-state index in [-0.39, 0.29) is 48.2 Å². The fourth-order valence-electron chi connectivity index (χ4n) is 3.49. The molecule has 1 fully saturated rings. The predicted molar refractivity (Wildman–Crippen MR) is 129 cm³/mol. The van der Waals surface area contributed by atoms with Crippen LogP contribution in [0.5, 0.6) is 0 Å². The van der Waals surface area contributed by atoms with Gasteiger partial charge in [-0.05, 0) is 25.0 Å². The van der Waals surface area contributed by atoms with E-state index in [4.69, 9.17) is 0 Å². The lowest BCUT2D eigenvalue weighted by molar-refractivity contribution is -0.127. The summed E-state index contributed by atoms with van der Waals surface area (Å²) < 4.78 is 13.8. The fraction of sp³-hybridized carbons (Fsp3) is 0.391. The molecule has 1 aliphatic rings. The van der Waals surface area contributed by atoms with Gasteiger partial charge in [0, 0.05) is 44.1 Å². The maximum absolute atomic E-state index is 13.8. The Morgan fingerprint density at radius 3 is 2.60 bits per heavy atom. The largest absolute Gasteiger partial charge is 0.357 e. The summed E-state index contributed by atoms with van der Waals surface area (Å²) in [5.41, 5.74) is 1.81. The van der Waals surface area contributed by atoms with Crippen molar-refractivity contribution in [2.45, 2.75) is 26.3 Å². The molecule has 5 nitrogen and oxygen atoms in total. The molecular weight excluding hydrogens is 494 g/mol. The number of benzene rings is 2. The van der Waals surface area contributed by atoms with E-state index in [2.05, 4.69) is 27.8 Å². The number of nitrogens with zero attached hydrogens (tertiary/aromatic N) is 2. The van der Waals surface area contributed by atoms with E-state index >= 15 is 0 Å². The first-order valence-electron chi connectivity index (χ1n) is 10.2. The van der Waals surface area contributed by atoms with Crippen molar-refractivity contribution in [3.63, 3.8) is 0 Å². The van der Waals surface area contributed by atoms with E-state index in [9.17, 15) is 9.18 Å². The Morgan fingerprint density at radius 1 is 1.13 bits per heavy atom. The molecule has 2 aromatic carbocycles. The normalized spacial score (nSPS) is 16.3. The molecule has 0 saturated carbocycles. The quantitative estimate of drug-likeness (QED) is 0.316. The molecule has 1 amide bonds. The van der Waals surface area contributed by atoms with E-state index in [0.717, 1.165) is 26.1 Å². The molecule has 0 spiro atoms. The minimum Gasteiger partial charge on any atom is -0.357 e. The van der Waals surface area contributed by atoms with Gasteiger partial charge in [-0.2, -0.15) is 0 Å². The highest BCUT2D eigenvalue weighted by Crippen LogP contribution is 2.17. The molecule has 0 aromatic heterocycles. The summed E-state index contributed by atoms with van der Waals surface area (Å²) in [6.07, 6.45) is 1.42. The number of rotatable bonds is 8. The van der Waals surface area contributed by atoms with Crippen LogP contribution in [0, 0.1) is 11.7 Å². The standard InChI is InChI=1S/C23H29FN4O.HI/c1-2-25-23(27-16-20-10-6-7-11-21(20)24)26-15-19-14-22(29)28(17-19)13-12-18-8-4-3-5-9-18;/h3-11,19H,2,12-17H2,1H3,(H2,25,26,27);1H. The summed E-state index contributed by atoms with van der Waals surface area (Å²) in [6.45, 7) is 5.15. The number of likely N-dealkylation sites (tertiary alicyclic amines) is 1. The lowest BCUT2D eigenvalue weighted by Gasteiger charge is -2.18. The first-order valence-corrected chi connectivity index (χ1v) is 10.2. The zero-order valence-corrected chi connectivity index (χ0v) is 19.6. The number of carbonyl (C=O) groups excluding carboxylic acids is 1. The molecule has 0 aliphatic carbocycles. The van der Waals surface area contributed by atoms with E-state index in [1.807, 2.05) is 36.1 Å². The number of halogens is 2. The minimum absolute atomic E-state index is 0. The predicted octanol–water partition coefficient (Wildman–Crippen LogP) is 3.59. The summed E-state index contributed by atoms with van der Waals surface area (Å²) in [5.74, 6) is 0.852. The molecule has 1 saturated heterocycles. The third kappa shape index (κ3) is 7.27. The van der Waals surface area contributed by atoms with Crippen LogP contribution in [0.15, 0.2) is 59.6 Å². The van der Waals surface area contributed by atoms with Crippen LogP contribution in [0.3, 0.4) is 0 Å². The monoisotopic (exact) mass is 524 g/mol. The molecule has 7 heteroatoms. The topological polar surface area (TPSA) is 56.7 Å². The molecular formula is C23H30FIN4O. The smallest absolute Gasteiger partial charge is 0.223 e. The van der Waals surface area contributed by atoms with Gasteiger partial charge in [0.25, 0.3) is 0 Å². The van der Waals surface area contributed by atoms with Crippen LogP contribution < -0.4 is 10.6 Å². The summed E-state index contributed by atoms with van der Waals surface area (Å²) in [6, 6.07) is 16.9. The molecule has 1 aliphatic heterocycles. The number of amides is 1. The van der Waals surface area contributed by atoms with Crippen molar-refractivity contribution >= 4 is 35.8 Å². The third-order valence-corrected chi connectivity index (χ3v) is 5.08. The highest BCUT2D eigenvalue weighted by molar-refractivity contribution is 14.0. The molecule has 3 rings (SSSR count). The van der Waals surface area contributed by atoms with Gasteiger partial charge in [0.05, 0.1) is 6.54 Å². The second-order valence-electron chi connectivity index (χ2n) is 7.31. The molecule has 2 N–H and O–H groups in total. The van der Waals surface area contributed by atoms with Crippen LogP contribution in [-0.2, 0) is 17.8 Å². The van der Waals surface area contributed by atoms with Crippen LogP contribution >= 0.6 is 24.0 Å². The van der Waals surface area contributed by atoms with Crippen molar-refractivity contribution in [3.8, 4) is 0 Å². The van der Waals surface area contributed by atoms with Crippen LogP contribution in [0.2, 0.25) is 0 Å². The molecule has 162 valence electrons. The maximum Gasteiger partial charge on any atom is 0.223 e. The van der Waals surface area contributed by atoms with Crippen molar-refractivity contribution in [3.05, 3.63) is 71.5 Å². The van der Waals surface area contributed by atoms with E-state index < -0.39 is 0 Å². The van der Waals surface area contributed by atoms with Gasteiger partial charge in [-0.1, -0.05) is 48.5 Å². The molecule has 2 aromatic rings. The van der Waals surface area contributed by atoms with Crippen molar-refractivity contribution in [2.75, 3.05) is 26.2 Å². The Hall–Kier alpha value is -2.16. The van der Waals surface area contributed by atoms with Crippen molar-refractivity contribution in [1.82, 2.24) is 15.5 Å². The Kier molecular flexibility index (Phi) is 10.1. The Labute approximate surface area is 195 Å². The van der Waals surface area contributed by atoms with E-state index in [1.165, 1.54) is 11.6 Å². The van der Waals surface area contributed by atoms with Gasteiger partial charge in [-0.25, -0.2) is 9.38 Å². The van der Waals surface area contributed by atoms with E-state index in [0.29, 0.717) is 24.5 Å². The Bertz CT molecular complexity index is 831. The van der Waals surface area contributed by atoms with Gasteiger partial charge in [0.15, 0.2) is 5.96 Å². The van der Waals surface area contributed by atoms with Gasteiger partial charge in [0.1, 0.15) is 5.82 Å². The van der Waals surface area contributed by atoms with Gasteiger partial charge in [0.2, 0.25) is 5.91 Å². The minimum atomic E-state index is -0.248. The van der Waals surface area contributed by atoms with Gasteiger partial charge < -0.3 is 15.5 Å². The molecule has 1 atom stereocenters. The second-order valence-corrected chi connectivity index (χ2v) is 7.31. The number of guanidine groups is 1. The highest BCUT2D eigenvalue weighted by atomic mass is 127. The van der Waals surface area contributed by atoms with Crippen molar-refractivity contribution in [2.24, 2.45) is 10.9 Å². The van der Waals surface area contributed by atoms with Crippen molar-refractivity contribution in [1.29, 1.82) is 0 Å². The molecule has 1 heterocycles. The maximum atomic E-state index is 13.8. The van der Waals surface area contributed by atoms with Gasteiger partial charge in [-0.3, -0.25) is 4.79 Å². The average molecular weight is 524 g/mol. The van der Waals surface area contributed by atoms with Crippen LogP contribution in [0.1, 0.15) is 24.5 Å². The van der Waals surface area contributed by atoms with Gasteiger partial charge in [-0.15, -0.1) is 24.0 Å². The number of carbonyl (C=O) groups is 1. The van der Waals surface area contributed by atoms with Gasteiger partial charge >= 0.3 is 0 Å². The first kappa shape index (κ1) is 24.1.